The quantitative estimate of drug-likeness (QED) is 0.917. The SMILES string of the molecule is NCc1cncn1-c1cccc(OC(F)(F)F)c1. The molecule has 1 heterocycles. The van der Waals surface area contributed by atoms with Crippen molar-refractivity contribution < 1.29 is 17.9 Å². The Morgan fingerprint density at radius 2 is 2.11 bits per heavy atom. The van der Waals surface area contributed by atoms with Crippen molar-refractivity contribution >= 4 is 0 Å². The van der Waals surface area contributed by atoms with Crippen LogP contribution in [0.25, 0.3) is 5.69 Å². The first kappa shape index (κ1) is 12.4. The van der Waals surface area contributed by atoms with E-state index in [2.05, 4.69) is 9.72 Å². The smallest absolute Gasteiger partial charge is 0.406 e. The standard InChI is InChI=1S/C11H10F3N3O/c12-11(13,14)18-10-3-1-2-8(4-10)17-7-16-6-9(17)5-15/h1-4,6-7H,5,15H2. The number of aromatic nitrogens is 2. The summed E-state index contributed by atoms with van der Waals surface area (Å²) in [6.07, 6.45) is -1.67. The Morgan fingerprint density at radius 1 is 1.33 bits per heavy atom. The Bertz CT molecular complexity index is 536. The van der Waals surface area contributed by atoms with Crippen LogP contribution in [0.15, 0.2) is 36.8 Å². The summed E-state index contributed by atoms with van der Waals surface area (Å²) in [6.45, 7) is 0.240. The number of nitrogens with two attached hydrogens (primary N) is 1. The van der Waals surface area contributed by atoms with Crippen LogP contribution in [0.5, 0.6) is 5.75 Å². The van der Waals surface area contributed by atoms with E-state index >= 15 is 0 Å². The first-order valence-corrected chi connectivity index (χ1v) is 5.07. The lowest BCUT2D eigenvalue weighted by molar-refractivity contribution is -0.274. The number of hydrogen-bond donors (Lipinski definition) is 1. The first-order chi connectivity index (χ1) is 8.49. The number of rotatable bonds is 3. The molecule has 7 heteroatoms. The fourth-order valence-corrected chi connectivity index (χ4v) is 1.54. The molecule has 0 atom stereocenters. The summed E-state index contributed by atoms with van der Waals surface area (Å²) < 4.78 is 41.7. The van der Waals surface area contributed by atoms with E-state index in [1.807, 2.05) is 0 Å². The highest BCUT2D eigenvalue weighted by atomic mass is 19.4. The molecule has 0 aliphatic rings. The molecule has 0 radical (unpaired) electrons. The van der Waals surface area contributed by atoms with Gasteiger partial charge in [0.1, 0.15) is 5.75 Å². The maximum absolute atomic E-state index is 12.1. The van der Waals surface area contributed by atoms with Crippen LogP contribution < -0.4 is 10.5 Å². The molecule has 0 bridgehead atoms. The summed E-state index contributed by atoms with van der Waals surface area (Å²) in [5.41, 5.74) is 6.70. The number of halogens is 3. The fraction of sp³-hybridized carbons (Fsp3) is 0.182. The number of alkyl halides is 3. The van der Waals surface area contributed by atoms with Gasteiger partial charge in [-0.25, -0.2) is 4.98 Å². The topological polar surface area (TPSA) is 53.1 Å². The molecule has 96 valence electrons. The van der Waals surface area contributed by atoms with E-state index < -0.39 is 6.36 Å². The van der Waals surface area contributed by atoms with Gasteiger partial charge in [0.25, 0.3) is 0 Å². The van der Waals surface area contributed by atoms with Crippen LogP contribution in [-0.2, 0) is 6.54 Å². The van der Waals surface area contributed by atoms with Crippen LogP contribution in [0, 0.1) is 0 Å². The van der Waals surface area contributed by atoms with Crippen molar-refractivity contribution in [3.05, 3.63) is 42.5 Å². The lowest BCUT2D eigenvalue weighted by atomic mass is 10.3. The molecular weight excluding hydrogens is 247 g/mol. The molecule has 0 spiro atoms. The number of ether oxygens (including phenoxy) is 1. The van der Waals surface area contributed by atoms with Gasteiger partial charge >= 0.3 is 6.36 Å². The van der Waals surface area contributed by atoms with Gasteiger partial charge in [-0.15, -0.1) is 13.2 Å². The minimum Gasteiger partial charge on any atom is -0.406 e. The van der Waals surface area contributed by atoms with E-state index in [0.717, 1.165) is 0 Å². The maximum atomic E-state index is 12.1. The van der Waals surface area contributed by atoms with Crippen LogP contribution in [-0.4, -0.2) is 15.9 Å². The zero-order valence-electron chi connectivity index (χ0n) is 9.19. The zero-order chi connectivity index (χ0) is 13.2. The van der Waals surface area contributed by atoms with Crippen molar-refractivity contribution in [3.63, 3.8) is 0 Å². The molecule has 1 aromatic carbocycles. The average Bonchev–Trinajstić information content (AvgIpc) is 2.75. The second kappa shape index (κ2) is 4.69. The molecule has 0 saturated carbocycles. The van der Waals surface area contributed by atoms with Crippen molar-refractivity contribution in [3.8, 4) is 11.4 Å². The van der Waals surface area contributed by atoms with Crippen LogP contribution in [0.3, 0.4) is 0 Å². The van der Waals surface area contributed by atoms with Gasteiger partial charge in [-0.1, -0.05) is 6.07 Å². The largest absolute Gasteiger partial charge is 0.573 e. The van der Waals surface area contributed by atoms with E-state index in [9.17, 15) is 13.2 Å². The Kier molecular flexibility index (Phi) is 3.24. The number of benzene rings is 1. The molecule has 0 unspecified atom stereocenters. The third-order valence-electron chi connectivity index (χ3n) is 2.25. The van der Waals surface area contributed by atoms with E-state index in [1.165, 1.54) is 24.5 Å². The minimum absolute atomic E-state index is 0.240. The summed E-state index contributed by atoms with van der Waals surface area (Å²) in [5, 5.41) is 0. The molecule has 0 amide bonds. The van der Waals surface area contributed by atoms with Crippen LogP contribution in [0.1, 0.15) is 5.69 Å². The minimum atomic E-state index is -4.70. The fourth-order valence-electron chi connectivity index (χ4n) is 1.54. The van der Waals surface area contributed by atoms with Gasteiger partial charge in [-0.3, -0.25) is 0 Å². The molecule has 18 heavy (non-hydrogen) atoms. The third kappa shape index (κ3) is 2.80. The van der Waals surface area contributed by atoms with Crippen LogP contribution >= 0.6 is 0 Å². The Hall–Kier alpha value is -2.02. The Morgan fingerprint density at radius 3 is 2.78 bits per heavy atom. The second-order valence-electron chi connectivity index (χ2n) is 3.50. The molecule has 0 aliphatic carbocycles. The second-order valence-corrected chi connectivity index (χ2v) is 3.50. The monoisotopic (exact) mass is 257 g/mol. The number of nitrogens with zero attached hydrogens (tertiary/aromatic N) is 2. The van der Waals surface area contributed by atoms with Crippen molar-refractivity contribution in [1.82, 2.24) is 9.55 Å². The lowest BCUT2D eigenvalue weighted by Gasteiger charge is -2.11. The molecule has 4 nitrogen and oxygen atoms in total. The van der Waals surface area contributed by atoms with E-state index in [1.54, 1.807) is 16.8 Å². The van der Waals surface area contributed by atoms with E-state index in [0.29, 0.717) is 11.4 Å². The molecule has 0 saturated heterocycles. The molecule has 2 rings (SSSR count). The first-order valence-electron chi connectivity index (χ1n) is 5.07. The van der Waals surface area contributed by atoms with Crippen molar-refractivity contribution in [2.75, 3.05) is 0 Å². The molecule has 2 N–H and O–H groups in total. The van der Waals surface area contributed by atoms with E-state index in [-0.39, 0.29) is 12.3 Å². The average molecular weight is 257 g/mol. The summed E-state index contributed by atoms with van der Waals surface area (Å²) in [6, 6.07) is 5.62. The van der Waals surface area contributed by atoms with Crippen molar-refractivity contribution in [2.24, 2.45) is 5.73 Å². The van der Waals surface area contributed by atoms with Gasteiger partial charge in [0.05, 0.1) is 17.7 Å². The number of imidazole rings is 1. The van der Waals surface area contributed by atoms with Gasteiger partial charge < -0.3 is 15.0 Å². The van der Waals surface area contributed by atoms with Gasteiger partial charge in [-0.05, 0) is 12.1 Å². The van der Waals surface area contributed by atoms with Gasteiger partial charge in [0, 0.05) is 18.8 Å². The Labute approximate surface area is 101 Å². The molecule has 0 fully saturated rings. The number of hydrogen-bond acceptors (Lipinski definition) is 3. The molecule has 2 aromatic rings. The highest BCUT2D eigenvalue weighted by Crippen LogP contribution is 2.24. The van der Waals surface area contributed by atoms with E-state index in [4.69, 9.17) is 5.73 Å². The van der Waals surface area contributed by atoms with Crippen LogP contribution in [0.4, 0.5) is 13.2 Å². The lowest BCUT2D eigenvalue weighted by Crippen LogP contribution is -2.17. The normalized spacial score (nSPS) is 11.6. The highest BCUT2D eigenvalue weighted by Gasteiger charge is 2.31. The molecule has 1 aromatic heterocycles. The summed E-state index contributed by atoms with van der Waals surface area (Å²) in [4.78, 5) is 3.89. The Balaban J connectivity index is 2.33. The van der Waals surface area contributed by atoms with Gasteiger partial charge in [-0.2, -0.15) is 0 Å². The summed E-state index contributed by atoms with van der Waals surface area (Å²) in [5.74, 6) is -0.281. The summed E-state index contributed by atoms with van der Waals surface area (Å²) >= 11 is 0. The maximum Gasteiger partial charge on any atom is 0.573 e. The van der Waals surface area contributed by atoms with Crippen molar-refractivity contribution in [2.45, 2.75) is 12.9 Å². The third-order valence-corrected chi connectivity index (χ3v) is 2.25. The van der Waals surface area contributed by atoms with Gasteiger partial charge in [0.2, 0.25) is 0 Å². The predicted octanol–water partition coefficient (Wildman–Crippen LogP) is 2.23. The van der Waals surface area contributed by atoms with Crippen molar-refractivity contribution in [1.29, 1.82) is 0 Å². The predicted molar refractivity (Wildman–Crippen MR) is 58.1 cm³/mol. The highest BCUT2D eigenvalue weighted by molar-refractivity contribution is 5.40. The zero-order valence-corrected chi connectivity index (χ0v) is 9.19. The van der Waals surface area contributed by atoms with Crippen LogP contribution in [0.2, 0.25) is 0 Å². The summed E-state index contributed by atoms with van der Waals surface area (Å²) in [7, 11) is 0. The molecular formula is C11H10F3N3O. The molecule has 0 aliphatic heterocycles. The van der Waals surface area contributed by atoms with Gasteiger partial charge in [0.15, 0.2) is 0 Å².